The van der Waals surface area contributed by atoms with Crippen molar-refractivity contribution in [3.05, 3.63) is 76.4 Å². The number of thiocarbonyl (C=S) groups is 1. The molecule has 0 aliphatic heterocycles. The number of aromatic nitrogens is 3. The predicted molar refractivity (Wildman–Crippen MR) is 125 cm³/mol. The lowest BCUT2D eigenvalue weighted by atomic mass is 10.1. The van der Waals surface area contributed by atoms with Crippen LogP contribution >= 0.6 is 35.4 Å². The van der Waals surface area contributed by atoms with Crippen LogP contribution in [0.1, 0.15) is 5.56 Å². The van der Waals surface area contributed by atoms with E-state index in [0.29, 0.717) is 32.3 Å². The molecular formula is C21H14Cl2FN5O2S. The van der Waals surface area contributed by atoms with Gasteiger partial charge in [0.15, 0.2) is 16.7 Å². The molecule has 2 aromatic carbocycles. The van der Waals surface area contributed by atoms with Gasteiger partial charge < -0.3 is 20.4 Å². The van der Waals surface area contributed by atoms with E-state index in [1.807, 2.05) is 0 Å². The van der Waals surface area contributed by atoms with Crippen LogP contribution < -0.4 is 15.4 Å². The Kier molecular flexibility index (Phi) is 6.50. The number of hydrogen-bond acceptors (Lipinski definition) is 5. The summed E-state index contributed by atoms with van der Waals surface area (Å²) in [5.41, 5.74) is 2.01. The zero-order valence-electron chi connectivity index (χ0n) is 16.2. The van der Waals surface area contributed by atoms with Gasteiger partial charge in [-0.2, -0.15) is 4.98 Å². The number of aromatic amines is 1. The summed E-state index contributed by atoms with van der Waals surface area (Å²) in [4.78, 5) is 23.3. The van der Waals surface area contributed by atoms with Gasteiger partial charge in [-0.1, -0.05) is 29.3 Å². The van der Waals surface area contributed by atoms with Crippen molar-refractivity contribution in [1.82, 2.24) is 20.3 Å². The molecule has 11 heteroatoms. The van der Waals surface area contributed by atoms with E-state index in [9.17, 15) is 9.18 Å². The molecule has 2 heterocycles. The fourth-order valence-corrected chi connectivity index (χ4v) is 3.65. The average Bonchev–Trinajstić information content (AvgIpc) is 3.22. The number of nitrogens with one attached hydrogen (secondary N) is 3. The van der Waals surface area contributed by atoms with Crippen molar-refractivity contribution < 1.29 is 13.9 Å². The van der Waals surface area contributed by atoms with E-state index >= 15 is 0 Å². The first-order valence-electron chi connectivity index (χ1n) is 9.20. The summed E-state index contributed by atoms with van der Waals surface area (Å²) in [7, 11) is 0. The molecule has 32 heavy (non-hydrogen) atoms. The Hall–Kier alpha value is -3.27. The third kappa shape index (κ3) is 4.96. The first kappa shape index (κ1) is 21.9. The molecule has 1 amide bonds. The van der Waals surface area contributed by atoms with Gasteiger partial charge in [-0.05, 0) is 48.1 Å². The van der Waals surface area contributed by atoms with E-state index in [0.717, 1.165) is 0 Å². The lowest BCUT2D eigenvalue weighted by Crippen LogP contribution is -2.35. The summed E-state index contributed by atoms with van der Waals surface area (Å²) in [6, 6.07) is 10.9. The van der Waals surface area contributed by atoms with Crippen molar-refractivity contribution in [1.29, 1.82) is 0 Å². The topological polar surface area (TPSA) is 91.9 Å². The number of fused-ring (bicyclic) bond motifs is 1. The molecule has 0 aliphatic rings. The normalized spacial score (nSPS) is 10.7. The number of hydrogen-bond donors (Lipinski definition) is 3. The van der Waals surface area contributed by atoms with Crippen LogP contribution in [0.4, 0.5) is 10.1 Å². The fourth-order valence-electron chi connectivity index (χ4n) is 2.89. The zero-order valence-corrected chi connectivity index (χ0v) is 18.5. The third-order valence-electron chi connectivity index (χ3n) is 4.36. The summed E-state index contributed by atoms with van der Waals surface area (Å²) < 4.78 is 20.2. The molecule has 0 fully saturated rings. The lowest BCUT2D eigenvalue weighted by molar-refractivity contribution is -0.119. The lowest BCUT2D eigenvalue weighted by Gasteiger charge is -2.12. The van der Waals surface area contributed by atoms with E-state index in [1.165, 1.54) is 18.5 Å². The standard InChI is InChI=1S/C21H14Cl2FN5O2S/c22-13-2-1-3-14(23)12(13)9-18(30)29-21(32)28-11-4-5-17(15(24)8-11)31-20-19-16(6-7-25-19)26-10-27-20/h1-8,10,25H,9H2,(H2,28,29,30,32). The molecule has 0 spiro atoms. The smallest absolute Gasteiger partial charge is 0.247 e. The number of H-pyrrole nitrogens is 1. The summed E-state index contributed by atoms with van der Waals surface area (Å²) in [5, 5.41) is 6.02. The Morgan fingerprint density at radius 1 is 1.16 bits per heavy atom. The molecule has 0 bridgehead atoms. The summed E-state index contributed by atoms with van der Waals surface area (Å²) in [6.07, 6.45) is 2.95. The molecule has 0 aliphatic carbocycles. The minimum Gasteiger partial charge on any atom is -0.434 e. The van der Waals surface area contributed by atoms with Gasteiger partial charge in [-0.25, -0.2) is 9.37 Å². The Morgan fingerprint density at radius 3 is 2.69 bits per heavy atom. The zero-order chi connectivity index (χ0) is 22.7. The quantitative estimate of drug-likeness (QED) is 0.331. The minimum atomic E-state index is -0.648. The van der Waals surface area contributed by atoms with Gasteiger partial charge >= 0.3 is 0 Å². The molecule has 7 nitrogen and oxygen atoms in total. The highest BCUT2D eigenvalue weighted by Gasteiger charge is 2.14. The fraction of sp³-hybridized carbons (Fsp3) is 0.0476. The van der Waals surface area contributed by atoms with Crippen molar-refractivity contribution in [2.45, 2.75) is 6.42 Å². The minimum absolute atomic E-state index is 0.00450. The van der Waals surface area contributed by atoms with Crippen LogP contribution in [0.15, 0.2) is 55.0 Å². The summed E-state index contributed by atoms with van der Waals surface area (Å²) in [6.45, 7) is 0. The van der Waals surface area contributed by atoms with Crippen LogP contribution in [0.3, 0.4) is 0 Å². The van der Waals surface area contributed by atoms with E-state index in [2.05, 4.69) is 25.6 Å². The molecule has 0 atom stereocenters. The predicted octanol–water partition coefficient (Wildman–Crippen LogP) is 5.25. The molecule has 4 aromatic rings. The van der Waals surface area contributed by atoms with Crippen LogP contribution in [-0.2, 0) is 11.2 Å². The Labute approximate surface area is 196 Å². The van der Waals surface area contributed by atoms with Crippen molar-refractivity contribution in [2.24, 2.45) is 0 Å². The van der Waals surface area contributed by atoms with E-state index in [4.69, 9.17) is 40.2 Å². The van der Waals surface area contributed by atoms with Crippen LogP contribution in [0.2, 0.25) is 10.0 Å². The maximum Gasteiger partial charge on any atom is 0.247 e. The highest BCUT2D eigenvalue weighted by Crippen LogP contribution is 2.29. The average molecular weight is 490 g/mol. The maximum absolute atomic E-state index is 14.6. The second kappa shape index (κ2) is 9.47. The number of anilines is 1. The molecule has 2 aromatic heterocycles. The first-order valence-corrected chi connectivity index (χ1v) is 10.4. The number of rotatable bonds is 5. The Bertz CT molecular complexity index is 1310. The second-order valence-corrected chi connectivity index (χ2v) is 7.77. The van der Waals surface area contributed by atoms with Crippen LogP contribution in [0.5, 0.6) is 11.6 Å². The Balaban J connectivity index is 1.39. The van der Waals surface area contributed by atoms with Gasteiger partial charge in [-0.15, -0.1) is 0 Å². The number of ether oxygens (including phenoxy) is 1. The molecule has 3 N–H and O–H groups in total. The molecule has 0 radical (unpaired) electrons. The number of halogens is 3. The van der Waals surface area contributed by atoms with Gasteiger partial charge in [0.2, 0.25) is 11.8 Å². The second-order valence-electron chi connectivity index (χ2n) is 6.54. The van der Waals surface area contributed by atoms with Crippen LogP contribution in [-0.4, -0.2) is 26.0 Å². The largest absolute Gasteiger partial charge is 0.434 e. The highest BCUT2D eigenvalue weighted by atomic mass is 35.5. The van der Waals surface area contributed by atoms with Crippen molar-refractivity contribution in [3.63, 3.8) is 0 Å². The van der Waals surface area contributed by atoms with E-state index in [-0.39, 0.29) is 23.2 Å². The molecule has 162 valence electrons. The van der Waals surface area contributed by atoms with Crippen molar-refractivity contribution in [3.8, 4) is 11.6 Å². The number of carbonyl (C=O) groups excluding carboxylic acids is 1. The highest BCUT2D eigenvalue weighted by molar-refractivity contribution is 7.80. The SMILES string of the molecule is O=C(Cc1c(Cl)cccc1Cl)NC(=S)Nc1ccc(Oc2ncnc3cc[nH]c23)c(F)c1. The van der Waals surface area contributed by atoms with Crippen LogP contribution in [0, 0.1) is 5.82 Å². The Morgan fingerprint density at radius 2 is 1.94 bits per heavy atom. The number of carbonyl (C=O) groups is 1. The van der Waals surface area contributed by atoms with Gasteiger partial charge in [0.05, 0.1) is 11.9 Å². The van der Waals surface area contributed by atoms with E-state index in [1.54, 1.807) is 36.5 Å². The van der Waals surface area contributed by atoms with Gasteiger partial charge in [-0.3, -0.25) is 4.79 Å². The van der Waals surface area contributed by atoms with Gasteiger partial charge in [0.25, 0.3) is 0 Å². The molecule has 0 saturated heterocycles. The molecule has 4 rings (SSSR count). The third-order valence-corrected chi connectivity index (χ3v) is 5.27. The number of nitrogens with zero attached hydrogens (tertiary/aromatic N) is 2. The van der Waals surface area contributed by atoms with Gasteiger partial charge in [0, 0.05) is 28.0 Å². The number of amides is 1. The number of benzene rings is 2. The molecular weight excluding hydrogens is 476 g/mol. The van der Waals surface area contributed by atoms with Crippen molar-refractivity contribution in [2.75, 3.05) is 5.32 Å². The van der Waals surface area contributed by atoms with Crippen LogP contribution in [0.25, 0.3) is 11.0 Å². The monoisotopic (exact) mass is 489 g/mol. The first-order chi connectivity index (χ1) is 15.4. The van der Waals surface area contributed by atoms with Gasteiger partial charge in [0.1, 0.15) is 11.8 Å². The molecule has 0 saturated carbocycles. The van der Waals surface area contributed by atoms with E-state index < -0.39 is 11.7 Å². The molecule has 0 unspecified atom stereocenters. The van der Waals surface area contributed by atoms with Crippen molar-refractivity contribution >= 4 is 63.2 Å². The maximum atomic E-state index is 14.6. The summed E-state index contributed by atoms with van der Waals surface area (Å²) >= 11 is 17.3. The summed E-state index contributed by atoms with van der Waals surface area (Å²) in [5.74, 6) is -0.906.